The Kier molecular flexibility index (Phi) is 4.65. The first-order valence-corrected chi connectivity index (χ1v) is 8.04. The van der Waals surface area contributed by atoms with E-state index in [-0.39, 0.29) is 21.4 Å². The second kappa shape index (κ2) is 6.71. The average molecular weight is 444 g/mol. The van der Waals surface area contributed by atoms with E-state index in [1.165, 1.54) is 11.0 Å². The van der Waals surface area contributed by atoms with Gasteiger partial charge in [-0.1, -0.05) is 6.07 Å². The summed E-state index contributed by atoms with van der Waals surface area (Å²) in [5, 5.41) is 2.44. The molecule has 1 heterocycles. The lowest BCUT2D eigenvalue weighted by atomic mass is 10.1. The van der Waals surface area contributed by atoms with Crippen LogP contribution >= 0.6 is 22.6 Å². The molecule has 24 heavy (non-hydrogen) atoms. The van der Waals surface area contributed by atoms with Crippen molar-refractivity contribution in [2.45, 2.75) is 0 Å². The Hall–Kier alpha value is -2.23. The Morgan fingerprint density at radius 1 is 1.21 bits per heavy atom. The van der Waals surface area contributed by atoms with Crippen molar-refractivity contribution in [1.82, 2.24) is 0 Å². The molecular formula is C16H11F2IN2O3. The molecule has 5 nitrogen and oxygen atoms in total. The number of hydrogen-bond donors (Lipinski definition) is 1. The Morgan fingerprint density at radius 2 is 1.92 bits per heavy atom. The van der Waals surface area contributed by atoms with Crippen LogP contribution in [-0.2, 0) is 4.74 Å². The number of nitrogens with zero attached hydrogens (tertiary/aromatic N) is 1. The number of rotatable bonds is 3. The minimum Gasteiger partial charge on any atom is -0.447 e. The molecule has 8 heteroatoms. The molecule has 0 bridgehead atoms. The SMILES string of the molecule is O=C(Nc1cc(F)c(I)c(F)c1)c1cccc(N2CCOC2=O)c1. The molecule has 1 N–H and O–H groups in total. The number of benzene rings is 2. The van der Waals surface area contributed by atoms with E-state index >= 15 is 0 Å². The highest BCUT2D eigenvalue weighted by atomic mass is 127. The van der Waals surface area contributed by atoms with Crippen LogP contribution in [0.25, 0.3) is 0 Å². The van der Waals surface area contributed by atoms with Crippen molar-refractivity contribution in [3.8, 4) is 0 Å². The number of ether oxygens (including phenoxy) is 1. The lowest BCUT2D eigenvalue weighted by Crippen LogP contribution is -2.23. The first-order valence-electron chi connectivity index (χ1n) is 6.96. The molecule has 2 amide bonds. The van der Waals surface area contributed by atoms with E-state index in [2.05, 4.69) is 5.32 Å². The molecule has 1 aliphatic rings. The normalized spacial score (nSPS) is 13.8. The monoisotopic (exact) mass is 444 g/mol. The standard InChI is InChI=1S/C16H11F2IN2O3/c17-12-7-10(8-13(18)14(12)19)20-15(22)9-2-1-3-11(6-9)21-4-5-24-16(21)23/h1-3,6-8H,4-5H2,(H,20,22). The van der Waals surface area contributed by atoms with Gasteiger partial charge < -0.3 is 10.1 Å². The summed E-state index contributed by atoms with van der Waals surface area (Å²) in [6, 6.07) is 8.44. The molecule has 124 valence electrons. The van der Waals surface area contributed by atoms with E-state index in [4.69, 9.17) is 4.74 Å². The van der Waals surface area contributed by atoms with Crippen LogP contribution in [0.4, 0.5) is 25.0 Å². The topological polar surface area (TPSA) is 58.6 Å². The smallest absolute Gasteiger partial charge is 0.414 e. The highest BCUT2D eigenvalue weighted by molar-refractivity contribution is 14.1. The van der Waals surface area contributed by atoms with E-state index < -0.39 is 23.6 Å². The largest absolute Gasteiger partial charge is 0.447 e. The highest BCUT2D eigenvalue weighted by Crippen LogP contribution is 2.23. The number of halogens is 3. The second-order valence-electron chi connectivity index (χ2n) is 5.02. The maximum Gasteiger partial charge on any atom is 0.414 e. The first-order chi connectivity index (χ1) is 11.5. The van der Waals surface area contributed by atoms with Crippen LogP contribution in [0.1, 0.15) is 10.4 Å². The van der Waals surface area contributed by atoms with Gasteiger partial charge in [0, 0.05) is 16.9 Å². The molecule has 0 radical (unpaired) electrons. The molecule has 0 unspecified atom stereocenters. The van der Waals surface area contributed by atoms with Crippen LogP contribution < -0.4 is 10.2 Å². The molecular weight excluding hydrogens is 433 g/mol. The van der Waals surface area contributed by atoms with Crippen LogP contribution in [-0.4, -0.2) is 25.2 Å². The van der Waals surface area contributed by atoms with E-state index in [1.54, 1.807) is 40.8 Å². The lowest BCUT2D eigenvalue weighted by Gasteiger charge is -2.14. The van der Waals surface area contributed by atoms with Gasteiger partial charge in [-0.3, -0.25) is 9.69 Å². The summed E-state index contributed by atoms with van der Waals surface area (Å²) in [5.74, 6) is -2.04. The molecule has 3 rings (SSSR count). The highest BCUT2D eigenvalue weighted by Gasteiger charge is 2.24. The third kappa shape index (κ3) is 3.32. The molecule has 0 aliphatic carbocycles. The maximum absolute atomic E-state index is 13.5. The summed E-state index contributed by atoms with van der Waals surface area (Å²) in [6.07, 6.45) is -0.477. The van der Waals surface area contributed by atoms with Crippen molar-refractivity contribution < 1.29 is 23.1 Å². The molecule has 2 aromatic carbocycles. The van der Waals surface area contributed by atoms with Gasteiger partial charge in [-0.15, -0.1) is 0 Å². The molecule has 1 fully saturated rings. The van der Waals surface area contributed by atoms with Gasteiger partial charge in [0.1, 0.15) is 18.2 Å². The number of nitrogens with one attached hydrogen (secondary N) is 1. The van der Waals surface area contributed by atoms with Gasteiger partial charge >= 0.3 is 6.09 Å². The molecule has 1 saturated heterocycles. The van der Waals surface area contributed by atoms with Crippen molar-refractivity contribution in [2.24, 2.45) is 0 Å². The third-order valence-electron chi connectivity index (χ3n) is 3.42. The minimum atomic E-state index is -0.750. The number of cyclic esters (lactones) is 1. The Balaban J connectivity index is 1.82. The predicted molar refractivity (Wildman–Crippen MR) is 92.2 cm³/mol. The second-order valence-corrected chi connectivity index (χ2v) is 6.10. The zero-order valence-corrected chi connectivity index (χ0v) is 14.3. The Bertz CT molecular complexity index is 806. The van der Waals surface area contributed by atoms with Gasteiger partial charge in [0.25, 0.3) is 5.91 Å². The van der Waals surface area contributed by atoms with Gasteiger partial charge in [0.05, 0.1) is 10.1 Å². The van der Waals surface area contributed by atoms with E-state index in [9.17, 15) is 18.4 Å². The number of carbonyl (C=O) groups is 2. The molecule has 0 aromatic heterocycles. The number of anilines is 2. The van der Waals surface area contributed by atoms with E-state index in [0.717, 1.165) is 12.1 Å². The molecule has 1 aliphatic heterocycles. The van der Waals surface area contributed by atoms with Crippen molar-refractivity contribution in [3.05, 3.63) is 57.2 Å². The summed E-state index contributed by atoms with van der Waals surface area (Å²) in [7, 11) is 0. The van der Waals surface area contributed by atoms with Gasteiger partial charge in [0.2, 0.25) is 0 Å². The van der Waals surface area contributed by atoms with Crippen molar-refractivity contribution in [3.63, 3.8) is 0 Å². The van der Waals surface area contributed by atoms with Crippen LogP contribution in [0, 0.1) is 15.2 Å². The molecule has 0 saturated carbocycles. The van der Waals surface area contributed by atoms with Crippen LogP contribution in [0.3, 0.4) is 0 Å². The molecule has 0 atom stereocenters. The van der Waals surface area contributed by atoms with E-state index in [1.807, 2.05) is 0 Å². The van der Waals surface area contributed by atoms with Crippen LogP contribution in [0.2, 0.25) is 0 Å². The Morgan fingerprint density at radius 3 is 2.54 bits per heavy atom. The zero-order valence-electron chi connectivity index (χ0n) is 12.2. The molecule has 2 aromatic rings. The fourth-order valence-corrected chi connectivity index (χ4v) is 2.59. The fourth-order valence-electron chi connectivity index (χ4n) is 2.27. The Labute approximate surface area is 149 Å². The minimum absolute atomic E-state index is 0.0152. The summed E-state index contributed by atoms with van der Waals surface area (Å²) in [5.41, 5.74) is 0.790. The van der Waals surface area contributed by atoms with Crippen LogP contribution in [0.5, 0.6) is 0 Å². The fraction of sp³-hybridized carbons (Fsp3) is 0.125. The molecule has 0 spiro atoms. The van der Waals surface area contributed by atoms with Gasteiger partial charge in [-0.05, 0) is 52.9 Å². The average Bonchev–Trinajstić information content (AvgIpc) is 2.98. The van der Waals surface area contributed by atoms with Crippen molar-refractivity contribution >= 4 is 46.0 Å². The number of carbonyl (C=O) groups excluding carboxylic acids is 2. The van der Waals surface area contributed by atoms with Gasteiger partial charge in [-0.25, -0.2) is 13.6 Å². The van der Waals surface area contributed by atoms with Crippen LogP contribution in [0.15, 0.2) is 36.4 Å². The van der Waals surface area contributed by atoms with Crippen molar-refractivity contribution in [1.29, 1.82) is 0 Å². The van der Waals surface area contributed by atoms with Gasteiger partial charge in [0.15, 0.2) is 0 Å². The zero-order chi connectivity index (χ0) is 17.3. The third-order valence-corrected chi connectivity index (χ3v) is 4.45. The summed E-state index contributed by atoms with van der Waals surface area (Å²) in [4.78, 5) is 25.3. The number of hydrogen-bond acceptors (Lipinski definition) is 3. The first kappa shape index (κ1) is 16.6. The van der Waals surface area contributed by atoms with Gasteiger partial charge in [-0.2, -0.15) is 0 Å². The summed E-state index contributed by atoms with van der Waals surface area (Å²) < 4.78 is 31.8. The van der Waals surface area contributed by atoms with Crippen molar-refractivity contribution in [2.75, 3.05) is 23.4 Å². The maximum atomic E-state index is 13.5. The predicted octanol–water partition coefficient (Wildman–Crippen LogP) is 3.78. The summed E-state index contributed by atoms with van der Waals surface area (Å²) in [6.45, 7) is 0.688. The summed E-state index contributed by atoms with van der Waals surface area (Å²) >= 11 is 1.55. The number of amides is 2. The quantitative estimate of drug-likeness (QED) is 0.580. The lowest BCUT2D eigenvalue weighted by molar-refractivity contribution is 0.102. The van der Waals surface area contributed by atoms with E-state index in [0.29, 0.717) is 12.2 Å².